The Bertz CT molecular complexity index is 1160. The Hall–Kier alpha value is -3.32. The van der Waals surface area contributed by atoms with Gasteiger partial charge in [0.25, 0.3) is 0 Å². The van der Waals surface area contributed by atoms with Crippen LogP contribution in [0.2, 0.25) is 0 Å². The van der Waals surface area contributed by atoms with E-state index in [2.05, 4.69) is 10.2 Å². The van der Waals surface area contributed by atoms with Gasteiger partial charge in [-0.05, 0) is 36.5 Å². The Balaban J connectivity index is 0.00000102. The number of phenols is 3. The molecule has 0 aliphatic rings. The number of phenolic OH excluding ortho intramolecular Hbond substituents is 3. The van der Waals surface area contributed by atoms with Gasteiger partial charge in [-0.2, -0.15) is 5.10 Å². The van der Waals surface area contributed by atoms with E-state index >= 15 is 0 Å². The summed E-state index contributed by atoms with van der Waals surface area (Å²) < 4.78 is 2.03. The zero-order chi connectivity index (χ0) is 19.6. The molecular formula is C20H19N3O3S. The minimum Gasteiger partial charge on any atom is -0.508 e. The second kappa shape index (κ2) is 7.51. The van der Waals surface area contributed by atoms with Crippen molar-refractivity contribution >= 4 is 23.0 Å². The number of rotatable bonds is 2. The molecule has 0 aliphatic carbocycles. The average molecular weight is 381 g/mol. The molecule has 0 fully saturated rings. The zero-order valence-corrected chi connectivity index (χ0v) is 15.7. The molecular weight excluding hydrogens is 362 g/mol. The minimum absolute atomic E-state index is 0.0444. The molecule has 0 radical (unpaired) electrons. The molecule has 4 aromatic rings. The van der Waals surface area contributed by atoms with Gasteiger partial charge in [0.2, 0.25) is 0 Å². The molecule has 0 aliphatic heterocycles. The van der Waals surface area contributed by atoms with Crippen molar-refractivity contribution in [3.05, 3.63) is 59.4 Å². The third kappa shape index (κ3) is 3.24. The molecule has 1 aromatic heterocycles. The summed E-state index contributed by atoms with van der Waals surface area (Å²) in [4.78, 5) is 0. The summed E-state index contributed by atoms with van der Waals surface area (Å²) >= 11 is 5.37. The highest BCUT2D eigenvalue weighted by Crippen LogP contribution is 2.35. The van der Waals surface area contributed by atoms with Crippen molar-refractivity contribution in [3.8, 4) is 34.3 Å². The first kappa shape index (κ1) is 18.5. The molecule has 0 bridgehead atoms. The van der Waals surface area contributed by atoms with Gasteiger partial charge in [0, 0.05) is 16.8 Å². The molecule has 0 atom stereocenters. The molecule has 0 saturated carbocycles. The van der Waals surface area contributed by atoms with Crippen molar-refractivity contribution in [2.45, 2.75) is 13.8 Å². The number of fused-ring (bicyclic) bond motifs is 1. The molecule has 3 aromatic carbocycles. The number of nitrogens with one attached hydrogen (secondary N) is 1. The Morgan fingerprint density at radius 1 is 0.889 bits per heavy atom. The monoisotopic (exact) mass is 381 g/mol. The Labute approximate surface area is 161 Å². The van der Waals surface area contributed by atoms with Gasteiger partial charge in [0.1, 0.15) is 17.2 Å². The topological polar surface area (TPSA) is 94.3 Å². The number of hydrogen-bond acceptors (Lipinski definition) is 5. The summed E-state index contributed by atoms with van der Waals surface area (Å²) in [7, 11) is 0. The molecule has 0 saturated heterocycles. The van der Waals surface area contributed by atoms with Crippen LogP contribution >= 0.6 is 12.2 Å². The number of aromatic hydroxyl groups is 3. The van der Waals surface area contributed by atoms with E-state index in [1.807, 2.05) is 38.1 Å². The van der Waals surface area contributed by atoms with Crippen molar-refractivity contribution in [1.29, 1.82) is 0 Å². The number of nitrogens with zero attached hydrogens (tertiary/aromatic N) is 2. The fourth-order valence-electron chi connectivity index (χ4n) is 2.88. The maximum atomic E-state index is 10.2. The minimum atomic E-state index is -0.113. The summed E-state index contributed by atoms with van der Waals surface area (Å²) in [5.41, 5.74) is 1.14. The van der Waals surface area contributed by atoms with Gasteiger partial charge in [-0.25, -0.2) is 0 Å². The van der Waals surface area contributed by atoms with Crippen molar-refractivity contribution in [1.82, 2.24) is 14.8 Å². The van der Waals surface area contributed by atoms with E-state index in [0.717, 1.165) is 11.1 Å². The summed E-state index contributed by atoms with van der Waals surface area (Å²) in [5.74, 6) is 0.414. The van der Waals surface area contributed by atoms with Gasteiger partial charge < -0.3 is 15.3 Å². The lowest BCUT2D eigenvalue weighted by atomic mass is 10.1. The van der Waals surface area contributed by atoms with Crippen LogP contribution in [0.15, 0.2) is 54.6 Å². The van der Waals surface area contributed by atoms with Gasteiger partial charge in [-0.3, -0.25) is 9.67 Å². The molecule has 4 N–H and O–H groups in total. The highest BCUT2D eigenvalue weighted by Gasteiger charge is 2.16. The summed E-state index contributed by atoms with van der Waals surface area (Å²) in [6.45, 7) is 4.00. The van der Waals surface area contributed by atoms with Crippen LogP contribution in [0.3, 0.4) is 0 Å². The number of aromatic nitrogens is 3. The van der Waals surface area contributed by atoms with Crippen LogP contribution in [0, 0.1) is 4.77 Å². The molecule has 0 amide bonds. The quantitative estimate of drug-likeness (QED) is 0.371. The lowest BCUT2D eigenvalue weighted by Crippen LogP contribution is -1.99. The standard InChI is InChI=1S/C18H13N3O3S.C2H6/c22-10-7-8-13(16(24)9-10)17-19-20-18(25)21(17)14-5-1-4-12-11(14)3-2-6-15(12)23;1-2/h1-9,22-24H,(H,20,25);1-2H3. The third-order valence-electron chi connectivity index (χ3n) is 4.01. The van der Waals surface area contributed by atoms with Gasteiger partial charge >= 0.3 is 0 Å². The summed E-state index contributed by atoms with van der Waals surface area (Å²) in [5, 5.41) is 38.2. The summed E-state index contributed by atoms with van der Waals surface area (Å²) in [6, 6.07) is 15.0. The largest absolute Gasteiger partial charge is 0.508 e. The molecule has 27 heavy (non-hydrogen) atoms. The van der Waals surface area contributed by atoms with Gasteiger partial charge in [-0.15, -0.1) is 0 Å². The van der Waals surface area contributed by atoms with Crippen LogP contribution in [0.5, 0.6) is 17.2 Å². The maximum absolute atomic E-state index is 10.2. The van der Waals surface area contributed by atoms with Crippen molar-refractivity contribution < 1.29 is 15.3 Å². The molecule has 6 nitrogen and oxygen atoms in total. The second-order valence-electron chi connectivity index (χ2n) is 5.54. The lowest BCUT2D eigenvalue weighted by Gasteiger charge is -2.12. The number of hydrogen-bond donors (Lipinski definition) is 4. The fourth-order valence-corrected chi connectivity index (χ4v) is 3.11. The van der Waals surface area contributed by atoms with E-state index in [1.165, 1.54) is 12.1 Å². The Morgan fingerprint density at radius 3 is 2.33 bits per heavy atom. The SMILES string of the molecule is CC.Oc1ccc(-c2n[nH]c(=S)n2-c2cccc3c(O)cccc23)c(O)c1. The molecule has 4 rings (SSSR count). The second-order valence-corrected chi connectivity index (χ2v) is 5.93. The number of benzene rings is 3. The van der Waals surface area contributed by atoms with E-state index in [9.17, 15) is 15.3 Å². The van der Waals surface area contributed by atoms with E-state index in [4.69, 9.17) is 12.2 Å². The first-order valence-corrected chi connectivity index (χ1v) is 8.88. The molecule has 7 heteroatoms. The van der Waals surface area contributed by atoms with Crippen LogP contribution in [0.4, 0.5) is 0 Å². The van der Waals surface area contributed by atoms with Crippen molar-refractivity contribution in [2.24, 2.45) is 0 Å². The number of H-pyrrole nitrogens is 1. The van der Waals surface area contributed by atoms with Gasteiger partial charge in [0.05, 0.1) is 11.3 Å². The van der Waals surface area contributed by atoms with Crippen molar-refractivity contribution in [2.75, 3.05) is 0 Å². The highest BCUT2D eigenvalue weighted by atomic mass is 32.1. The molecule has 1 heterocycles. The van der Waals surface area contributed by atoms with Crippen LogP contribution in [0.25, 0.3) is 27.8 Å². The van der Waals surface area contributed by atoms with Crippen LogP contribution in [-0.2, 0) is 0 Å². The smallest absolute Gasteiger partial charge is 0.200 e. The Morgan fingerprint density at radius 2 is 1.59 bits per heavy atom. The molecule has 138 valence electrons. The normalized spacial score (nSPS) is 10.4. The Kier molecular flexibility index (Phi) is 5.14. The van der Waals surface area contributed by atoms with Crippen LogP contribution in [0.1, 0.15) is 13.8 Å². The molecule has 0 spiro atoms. The van der Waals surface area contributed by atoms with E-state index in [0.29, 0.717) is 21.5 Å². The maximum Gasteiger partial charge on any atom is 0.200 e. The van der Waals surface area contributed by atoms with E-state index < -0.39 is 0 Å². The van der Waals surface area contributed by atoms with Gasteiger partial charge in [0.15, 0.2) is 10.6 Å². The van der Waals surface area contributed by atoms with E-state index in [-0.39, 0.29) is 17.2 Å². The van der Waals surface area contributed by atoms with E-state index in [1.54, 1.807) is 22.8 Å². The first-order valence-electron chi connectivity index (χ1n) is 8.47. The van der Waals surface area contributed by atoms with Crippen LogP contribution < -0.4 is 0 Å². The van der Waals surface area contributed by atoms with Crippen LogP contribution in [-0.4, -0.2) is 30.1 Å². The zero-order valence-electron chi connectivity index (χ0n) is 14.8. The fraction of sp³-hybridized carbons (Fsp3) is 0.100. The number of aromatic amines is 1. The highest BCUT2D eigenvalue weighted by molar-refractivity contribution is 7.71. The van der Waals surface area contributed by atoms with Gasteiger partial charge in [-0.1, -0.05) is 38.1 Å². The summed E-state index contributed by atoms with van der Waals surface area (Å²) in [6.07, 6.45) is 0. The third-order valence-corrected chi connectivity index (χ3v) is 4.29. The molecule has 0 unspecified atom stereocenters. The predicted molar refractivity (Wildman–Crippen MR) is 108 cm³/mol. The lowest BCUT2D eigenvalue weighted by molar-refractivity contribution is 0.451. The van der Waals surface area contributed by atoms with Crippen molar-refractivity contribution in [3.63, 3.8) is 0 Å². The predicted octanol–water partition coefficient (Wildman–Crippen LogP) is 4.89. The average Bonchev–Trinajstić information content (AvgIpc) is 3.04. The first-order chi connectivity index (χ1) is 13.1.